The number of benzene rings is 2. The summed E-state index contributed by atoms with van der Waals surface area (Å²) in [5.74, 6) is -0.805. The lowest BCUT2D eigenvalue weighted by atomic mass is 9.93. The van der Waals surface area contributed by atoms with Crippen LogP contribution in [0.15, 0.2) is 47.5 Å². The summed E-state index contributed by atoms with van der Waals surface area (Å²) in [6, 6.07) is 12.7. The molecule has 0 fully saturated rings. The zero-order chi connectivity index (χ0) is 15.2. The molecule has 0 unspecified atom stereocenters. The van der Waals surface area contributed by atoms with Crippen LogP contribution in [0.1, 0.15) is 28.4 Å². The Hall–Kier alpha value is -2.66. The second-order valence-corrected chi connectivity index (χ2v) is 5.22. The summed E-state index contributed by atoms with van der Waals surface area (Å²) in [4.78, 5) is 15.4. The number of carbonyl (C=O) groups is 1. The van der Waals surface area contributed by atoms with Gasteiger partial charge in [0.2, 0.25) is 0 Å². The van der Waals surface area contributed by atoms with Gasteiger partial charge >= 0.3 is 0 Å². The van der Waals surface area contributed by atoms with Crippen molar-refractivity contribution < 1.29 is 9.90 Å². The molecule has 0 spiro atoms. The van der Waals surface area contributed by atoms with Crippen molar-refractivity contribution in [2.24, 2.45) is 16.5 Å². The maximum Gasteiger partial charge on any atom is 0.280 e. The Morgan fingerprint density at radius 2 is 1.76 bits per heavy atom. The normalized spacial score (nSPS) is 18.8. The van der Waals surface area contributed by atoms with E-state index in [1.807, 2.05) is 30.3 Å². The third kappa shape index (κ3) is 1.98. The molecular weight excluding hydrogens is 266 g/mol. The Labute approximate surface area is 121 Å². The van der Waals surface area contributed by atoms with Gasteiger partial charge in [0.15, 0.2) is 5.96 Å². The Balaban J connectivity index is 2.16. The molecule has 0 saturated carbocycles. The van der Waals surface area contributed by atoms with Crippen LogP contribution in [0.25, 0.3) is 11.1 Å². The Morgan fingerprint density at radius 3 is 2.48 bits per heavy atom. The first-order chi connectivity index (χ1) is 9.91. The molecule has 1 amide bonds. The van der Waals surface area contributed by atoms with E-state index in [9.17, 15) is 9.90 Å². The fourth-order valence-corrected chi connectivity index (χ4v) is 2.78. The van der Waals surface area contributed by atoms with Crippen molar-refractivity contribution in [3.8, 4) is 11.1 Å². The van der Waals surface area contributed by atoms with Crippen LogP contribution in [0, 0.1) is 0 Å². The van der Waals surface area contributed by atoms with Gasteiger partial charge in [0.1, 0.15) is 5.60 Å². The van der Waals surface area contributed by atoms with Crippen LogP contribution in [0.4, 0.5) is 0 Å². The number of nitrogens with two attached hydrogens (primary N) is 2. The number of amides is 1. The van der Waals surface area contributed by atoms with Gasteiger partial charge in [0.05, 0.1) is 0 Å². The molecule has 0 aliphatic heterocycles. The smallest absolute Gasteiger partial charge is 0.280 e. The highest BCUT2D eigenvalue weighted by atomic mass is 16.3. The quantitative estimate of drug-likeness (QED) is 0.542. The number of hydrogen-bond acceptors (Lipinski definition) is 2. The van der Waals surface area contributed by atoms with Crippen molar-refractivity contribution in [2.45, 2.75) is 12.5 Å². The van der Waals surface area contributed by atoms with Crippen molar-refractivity contribution in [1.29, 1.82) is 0 Å². The molecule has 5 nitrogen and oxygen atoms in total. The molecule has 21 heavy (non-hydrogen) atoms. The van der Waals surface area contributed by atoms with E-state index in [1.54, 1.807) is 19.1 Å². The summed E-state index contributed by atoms with van der Waals surface area (Å²) in [6.45, 7) is 1.71. The summed E-state index contributed by atoms with van der Waals surface area (Å²) in [5.41, 5.74) is 13.0. The lowest BCUT2D eigenvalue weighted by molar-refractivity contribution is 0.0999. The fraction of sp³-hybridized carbons (Fsp3) is 0.125. The van der Waals surface area contributed by atoms with Crippen molar-refractivity contribution in [2.75, 3.05) is 0 Å². The number of nitrogens with zero attached hydrogens (tertiary/aromatic N) is 1. The van der Waals surface area contributed by atoms with Crippen LogP contribution < -0.4 is 11.5 Å². The van der Waals surface area contributed by atoms with Crippen LogP contribution >= 0.6 is 0 Å². The average molecular weight is 281 g/mol. The first-order valence-electron chi connectivity index (χ1n) is 6.52. The molecular formula is C16H15N3O2. The van der Waals surface area contributed by atoms with Crippen LogP contribution in [-0.4, -0.2) is 17.0 Å². The Morgan fingerprint density at radius 1 is 1.10 bits per heavy atom. The molecule has 1 aliphatic carbocycles. The van der Waals surface area contributed by atoms with Gasteiger partial charge in [-0.15, -0.1) is 0 Å². The van der Waals surface area contributed by atoms with E-state index in [1.165, 1.54) is 0 Å². The molecule has 5 heteroatoms. The van der Waals surface area contributed by atoms with E-state index >= 15 is 0 Å². The van der Waals surface area contributed by atoms with E-state index in [-0.39, 0.29) is 5.96 Å². The third-order valence-corrected chi connectivity index (χ3v) is 3.76. The number of carbonyl (C=O) groups excluding carboxylic acids is 1. The third-order valence-electron chi connectivity index (χ3n) is 3.76. The highest BCUT2D eigenvalue weighted by molar-refractivity contribution is 6.02. The minimum Gasteiger partial charge on any atom is -0.381 e. The van der Waals surface area contributed by atoms with Gasteiger partial charge in [0, 0.05) is 5.56 Å². The van der Waals surface area contributed by atoms with Crippen LogP contribution in [0.3, 0.4) is 0 Å². The Bertz CT molecular complexity index is 775. The lowest BCUT2D eigenvalue weighted by Gasteiger charge is -2.20. The first kappa shape index (κ1) is 13.3. The summed E-state index contributed by atoms with van der Waals surface area (Å²) in [7, 11) is 0. The minimum atomic E-state index is -1.14. The largest absolute Gasteiger partial charge is 0.381 e. The van der Waals surface area contributed by atoms with Crippen LogP contribution in [0.5, 0.6) is 0 Å². The highest BCUT2D eigenvalue weighted by Crippen LogP contribution is 2.47. The molecule has 0 radical (unpaired) electrons. The van der Waals surface area contributed by atoms with Gasteiger partial charge in [-0.05, 0) is 41.3 Å². The molecule has 0 bridgehead atoms. The number of rotatable bonds is 1. The average Bonchev–Trinajstić information content (AvgIpc) is 2.67. The molecule has 106 valence electrons. The van der Waals surface area contributed by atoms with Crippen molar-refractivity contribution >= 4 is 11.9 Å². The molecule has 0 saturated heterocycles. The van der Waals surface area contributed by atoms with Gasteiger partial charge in [0.25, 0.3) is 5.91 Å². The van der Waals surface area contributed by atoms with E-state index in [0.29, 0.717) is 11.1 Å². The van der Waals surface area contributed by atoms with Crippen LogP contribution in [-0.2, 0) is 5.60 Å². The molecule has 1 aliphatic rings. The minimum absolute atomic E-state index is 0.282. The SMILES string of the molecule is C[C@@]1(O)c2ccccc2-c2ccc(C(=O)N=C(N)N)cc21. The highest BCUT2D eigenvalue weighted by Gasteiger charge is 2.37. The number of aliphatic imine (C=N–C) groups is 1. The predicted molar refractivity (Wildman–Crippen MR) is 80.7 cm³/mol. The van der Waals surface area contributed by atoms with Gasteiger partial charge in [-0.1, -0.05) is 30.3 Å². The number of guanidine groups is 1. The van der Waals surface area contributed by atoms with Gasteiger partial charge in [-0.3, -0.25) is 4.79 Å². The number of hydrogen-bond donors (Lipinski definition) is 3. The van der Waals surface area contributed by atoms with Crippen molar-refractivity contribution in [1.82, 2.24) is 0 Å². The molecule has 2 aromatic rings. The molecule has 2 aromatic carbocycles. The second kappa shape index (κ2) is 4.43. The van der Waals surface area contributed by atoms with E-state index in [4.69, 9.17) is 11.5 Å². The lowest BCUT2D eigenvalue weighted by Crippen LogP contribution is -2.24. The monoisotopic (exact) mass is 281 g/mol. The Kier molecular flexibility index (Phi) is 2.81. The summed E-state index contributed by atoms with van der Waals surface area (Å²) < 4.78 is 0. The first-order valence-corrected chi connectivity index (χ1v) is 6.52. The standard InChI is InChI=1S/C16H15N3O2/c1-16(21)12-5-3-2-4-10(12)11-7-6-9(8-13(11)16)14(20)19-15(17)18/h2-8,21H,1H3,(H4,17,18,19,20)/t16-/m1/s1. The van der Waals surface area contributed by atoms with Crippen LogP contribution in [0.2, 0.25) is 0 Å². The van der Waals surface area contributed by atoms with E-state index < -0.39 is 11.5 Å². The van der Waals surface area contributed by atoms with Crippen molar-refractivity contribution in [3.05, 3.63) is 59.2 Å². The molecule has 1 atom stereocenters. The summed E-state index contributed by atoms with van der Waals surface area (Å²) in [6.07, 6.45) is 0. The fourth-order valence-electron chi connectivity index (χ4n) is 2.78. The predicted octanol–water partition coefficient (Wildman–Crippen LogP) is 1.34. The second-order valence-electron chi connectivity index (χ2n) is 5.22. The molecule has 0 heterocycles. The van der Waals surface area contributed by atoms with Crippen molar-refractivity contribution in [3.63, 3.8) is 0 Å². The number of fused-ring (bicyclic) bond motifs is 3. The van der Waals surface area contributed by atoms with E-state index in [0.717, 1.165) is 16.7 Å². The zero-order valence-corrected chi connectivity index (χ0v) is 11.5. The maximum atomic E-state index is 11.9. The summed E-state index contributed by atoms with van der Waals surface area (Å²) >= 11 is 0. The molecule has 3 rings (SSSR count). The molecule has 0 aromatic heterocycles. The van der Waals surface area contributed by atoms with Gasteiger partial charge in [-0.2, -0.15) is 4.99 Å². The maximum absolute atomic E-state index is 11.9. The summed E-state index contributed by atoms with van der Waals surface area (Å²) in [5, 5.41) is 10.8. The zero-order valence-electron chi connectivity index (χ0n) is 11.5. The van der Waals surface area contributed by atoms with E-state index in [2.05, 4.69) is 4.99 Å². The molecule has 5 N–H and O–H groups in total. The van der Waals surface area contributed by atoms with Gasteiger partial charge < -0.3 is 16.6 Å². The van der Waals surface area contributed by atoms with Gasteiger partial charge in [-0.25, -0.2) is 0 Å². The number of aliphatic hydroxyl groups is 1. The topological polar surface area (TPSA) is 102 Å².